The van der Waals surface area contributed by atoms with E-state index in [4.69, 9.17) is 4.74 Å². The van der Waals surface area contributed by atoms with Gasteiger partial charge in [0.05, 0.1) is 7.11 Å². The average molecular weight is 265 g/mol. The summed E-state index contributed by atoms with van der Waals surface area (Å²) in [5.41, 5.74) is 1.30. The minimum Gasteiger partial charge on any atom is -0.497 e. The molecule has 18 heavy (non-hydrogen) atoms. The van der Waals surface area contributed by atoms with Crippen molar-refractivity contribution in [1.29, 1.82) is 0 Å². The van der Waals surface area contributed by atoms with Crippen LogP contribution in [0.25, 0.3) is 0 Å². The zero-order valence-electron chi connectivity index (χ0n) is 11.5. The van der Waals surface area contributed by atoms with E-state index in [0.29, 0.717) is 17.3 Å². The summed E-state index contributed by atoms with van der Waals surface area (Å²) in [6, 6.07) is 9.36. The Balaban J connectivity index is 1.99. The van der Waals surface area contributed by atoms with Gasteiger partial charge in [-0.3, -0.25) is 0 Å². The zero-order valence-corrected chi connectivity index (χ0v) is 12.3. The van der Waals surface area contributed by atoms with Crippen molar-refractivity contribution in [2.24, 2.45) is 0 Å². The molecule has 0 saturated carbocycles. The third-order valence-corrected chi connectivity index (χ3v) is 5.04. The SMILES string of the molecule is COc1cccc([C@H](C)NC2CCCSC2C)c1. The third-order valence-electron chi connectivity index (χ3n) is 3.66. The van der Waals surface area contributed by atoms with Crippen molar-refractivity contribution in [2.75, 3.05) is 12.9 Å². The Bertz CT molecular complexity index is 383. The molecule has 0 aromatic heterocycles. The van der Waals surface area contributed by atoms with E-state index in [9.17, 15) is 0 Å². The zero-order chi connectivity index (χ0) is 13.0. The number of hydrogen-bond acceptors (Lipinski definition) is 3. The predicted molar refractivity (Wildman–Crippen MR) is 79.5 cm³/mol. The van der Waals surface area contributed by atoms with Gasteiger partial charge in [-0.25, -0.2) is 0 Å². The lowest BCUT2D eigenvalue weighted by Gasteiger charge is -2.32. The molecule has 0 amide bonds. The molecule has 3 heteroatoms. The second-order valence-corrected chi connectivity index (χ2v) is 6.47. The van der Waals surface area contributed by atoms with Gasteiger partial charge in [-0.05, 0) is 43.2 Å². The molecule has 1 N–H and O–H groups in total. The normalized spacial score (nSPS) is 25.7. The molecule has 2 nitrogen and oxygen atoms in total. The van der Waals surface area contributed by atoms with Crippen LogP contribution in [0.1, 0.15) is 38.3 Å². The molecular weight excluding hydrogens is 242 g/mol. The maximum Gasteiger partial charge on any atom is 0.119 e. The van der Waals surface area contributed by atoms with Crippen LogP contribution in [-0.4, -0.2) is 24.2 Å². The van der Waals surface area contributed by atoms with Crippen molar-refractivity contribution in [2.45, 2.75) is 44.0 Å². The summed E-state index contributed by atoms with van der Waals surface area (Å²) in [6.07, 6.45) is 2.62. The number of benzene rings is 1. The maximum atomic E-state index is 5.28. The fourth-order valence-corrected chi connectivity index (χ4v) is 3.62. The first-order valence-electron chi connectivity index (χ1n) is 6.72. The van der Waals surface area contributed by atoms with Crippen molar-refractivity contribution in [1.82, 2.24) is 5.32 Å². The number of ether oxygens (including phenoxy) is 1. The van der Waals surface area contributed by atoms with Crippen molar-refractivity contribution >= 4 is 11.8 Å². The van der Waals surface area contributed by atoms with Crippen LogP contribution in [-0.2, 0) is 0 Å². The molecule has 1 saturated heterocycles. The number of methoxy groups -OCH3 is 1. The lowest BCUT2D eigenvalue weighted by molar-refractivity contribution is 0.405. The van der Waals surface area contributed by atoms with Gasteiger partial charge in [0.15, 0.2) is 0 Å². The molecule has 0 bridgehead atoms. The molecule has 0 radical (unpaired) electrons. The Labute approximate surface area is 114 Å². The maximum absolute atomic E-state index is 5.28. The van der Waals surface area contributed by atoms with E-state index < -0.39 is 0 Å². The lowest BCUT2D eigenvalue weighted by atomic mass is 10.0. The molecule has 0 aliphatic carbocycles. The molecule has 2 unspecified atom stereocenters. The fraction of sp³-hybridized carbons (Fsp3) is 0.600. The van der Waals surface area contributed by atoms with Crippen LogP contribution in [0.3, 0.4) is 0 Å². The molecule has 1 fully saturated rings. The third kappa shape index (κ3) is 3.42. The second kappa shape index (κ2) is 6.48. The molecule has 3 atom stereocenters. The van der Waals surface area contributed by atoms with Crippen LogP contribution >= 0.6 is 11.8 Å². The fourth-order valence-electron chi connectivity index (χ4n) is 2.47. The van der Waals surface area contributed by atoms with Crippen LogP contribution in [0.5, 0.6) is 5.75 Å². The smallest absolute Gasteiger partial charge is 0.119 e. The molecule has 1 heterocycles. The van der Waals surface area contributed by atoms with E-state index in [1.165, 1.54) is 24.2 Å². The Hall–Kier alpha value is -0.670. The van der Waals surface area contributed by atoms with E-state index in [2.05, 4.69) is 49.1 Å². The Morgan fingerprint density at radius 3 is 3.00 bits per heavy atom. The molecule has 1 aliphatic heterocycles. The Morgan fingerprint density at radius 2 is 2.28 bits per heavy atom. The van der Waals surface area contributed by atoms with Gasteiger partial charge in [-0.2, -0.15) is 11.8 Å². The largest absolute Gasteiger partial charge is 0.497 e. The van der Waals surface area contributed by atoms with E-state index >= 15 is 0 Å². The molecule has 100 valence electrons. The molecule has 1 aromatic carbocycles. The summed E-state index contributed by atoms with van der Waals surface area (Å²) >= 11 is 2.08. The highest BCUT2D eigenvalue weighted by Gasteiger charge is 2.23. The van der Waals surface area contributed by atoms with Gasteiger partial charge in [0.2, 0.25) is 0 Å². The summed E-state index contributed by atoms with van der Waals surface area (Å²) in [6.45, 7) is 4.57. The van der Waals surface area contributed by atoms with Gasteiger partial charge in [-0.1, -0.05) is 19.1 Å². The first kappa shape index (κ1) is 13.8. The van der Waals surface area contributed by atoms with Crippen molar-refractivity contribution in [3.05, 3.63) is 29.8 Å². The summed E-state index contributed by atoms with van der Waals surface area (Å²) in [7, 11) is 1.72. The topological polar surface area (TPSA) is 21.3 Å². The minimum absolute atomic E-state index is 0.381. The van der Waals surface area contributed by atoms with Crippen molar-refractivity contribution in [3.63, 3.8) is 0 Å². The van der Waals surface area contributed by atoms with Gasteiger partial charge < -0.3 is 10.1 Å². The number of nitrogens with one attached hydrogen (secondary N) is 1. The van der Waals surface area contributed by atoms with Crippen molar-refractivity contribution < 1.29 is 4.74 Å². The van der Waals surface area contributed by atoms with Crippen LogP contribution < -0.4 is 10.1 Å². The van der Waals surface area contributed by atoms with Crippen LogP contribution in [0, 0.1) is 0 Å². The van der Waals surface area contributed by atoms with Gasteiger partial charge >= 0.3 is 0 Å². The monoisotopic (exact) mass is 265 g/mol. The number of rotatable bonds is 4. The average Bonchev–Trinajstić information content (AvgIpc) is 2.41. The molecule has 2 rings (SSSR count). The number of thioether (sulfide) groups is 1. The standard InChI is InChI=1S/C15H23NOS/c1-11(13-6-4-7-14(10-13)17-3)16-15-8-5-9-18-12(15)2/h4,6-7,10-12,15-16H,5,8-9H2,1-3H3/t11-,12?,15?/m0/s1. The summed E-state index contributed by atoms with van der Waals surface area (Å²) < 4.78 is 5.28. The van der Waals surface area contributed by atoms with E-state index in [-0.39, 0.29) is 0 Å². The summed E-state index contributed by atoms with van der Waals surface area (Å²) in [5.74, 6) is 2.25. The molecule has 1 aromatic rings. The van der Waals surface area contributed by atoms with Crippen LogP contribution in [0.15, 0.2) is 24.3 Å². The van der Waals surface area contributed by atoms with Gasteiger partial charge in [0, 0.05) is 17.3 Å². The quantitative estimate of drug-likeness (QED) is 0.898. The van der Waals surface area contributed by atoms with Crippen LogP contribution in [0.4, 0.5) is 0 Å². The minimum atomic E-state index is 0.381. The van der Waals surface area contributed by atoms with Gasteiger partial charge in [0.1, 0.15) is 5.75 Å². The van der Waals surface area contributed by atoms with Crippen molar-refractivity contribution in [3.8, 4) is 5.75 Å². The lowest BCUT2D eigenvalue weighted by Crippen LogP contribution is -2.40. The highest BCUT2D eigenvalue weighted by molar-refractivity contribution is 7.99. The highest BCUT2D eigenvalue weighted by Crippen LogP contribution is 2.27. The van der Waals surface area contributed by atoms with E-state index in [1.807, 2.05) is 6.07 Å². The van der Waals surface area contributed by atoms with Crippen LogP contribution in [0.2, 0.25) is 0 Å². The number of hydrogen-bond donors (Lipinski definition) is 1. The van der Waals surface area contributed by atoms with E-state index in [1.54, 1.807) is 7.11 Å². The molecular formula is C15H23NOS. The van der Waals surface area contributed by atoms with E-state index in [0.717, 1.165) is 5.75 Å². The predicted octanol–water partition coefficient (Wildman–Crippen LogP) is 3.63. The Kier molecular flexibility index (Phi) is 4.95. The summed E-state index contributed by atoms with van der Waals surface area (Å²) in [4.78, 5) is 0. The highest BCUT2D eigenvalue weighted by atomic mass is 32.2. The molecule has 0 spiro atoms. The summed E-state index contributed by atoms with van der Waals surface area (Å²) in [5, 5.41) is 4.47. The van der Waals surface area contributed by atoms with Gasteiger partial charge in [-0.15, -0.1) is 0 Å². The van der Waals surface area contributed by atoms with Gasteiger partial charge in [0.25, 0.3) is 0 Å². The Morgan fingerprint density at radius 1 is 1.44 bits per heavy atom. The second-order valence-electron chi connectivity index (χ2n) is 4.99. The first-order valence-corrected chi connectivity index (χ1v) is 7.77. The first-order chi connectivity index (χ1) is 8.70. The molecule has 1 aliphatic rings.